The Morgan fingerprint density at radius 2 is 1.90 bits per heavy atom. The van der Waals surface area contributed by atoms with Crippen LogP contribution in [-0.4, -0.2) is 15.9 Å². The smallest absolute Gasteiger partial charge is 0.152 e. The SMILES string of the molecule is Cc1c(C=O)c2cccnn2c1C(C)c1ccccc1. The van der Waals surface area contributed by atoms with Crippen molar-refractivity contribution in [3.63, 3.8) is 0 Å². The number of aldehydes is 1. The number of aromatic nitrogens is 2. The third-order valence-electron chi connectivity index (χ3n) is 3.87. The van der Waals surface area contributed by atoms with Gasteiger partial charge in [-0.2, -0.15) is 5.10 Å². The van der Waals surface area contributed by atoms with Crippen molar-refractivity contribution < 1.29 is 4.79 Å². The van der Waals surface area contributed by atoms with Gasteiger partial charge in [-0.3, -0.25) is 4.79 Å². The van der Waals surface area contributed by atoms with E-state index in [0.717, 1.165) is 28.6 Å². The Bertz CT molecular complexity index is 759. The first-order valence-corrected chi connectivity index (χ1v) is 6.70. The molecule has 2 aromatic heterocycles. The molecule has 0 aliphatic rings. The monoisotopic (exact) mass is 264 g/mol. The van der Waals surface area contributed by atoms with Gasteiger partial charge in [-0.05, 0) is 30.2 Å². The van der Waals surface area contributed by atoms with Crippen LogP contribution in [0.4, 0.5) is 0 Å². The predicted octanol–water partition coefficient (Wildman–Crippen LogP) is 3.61. The second kappa shape index (κ2) is 4.93. The Balaban J connectivity index is 2.26. The molecule has 1 unspecified atom stereocenters. The minimum Gasteiger partial charge on any atom is -0.298 e. The molecule has 0 radical (unpaired) electrons. The third-order valence-corrected chi connectivity index (χ3v) is 3.87. The summed E-state index contributed by atoms with van der Waals surface area (Å²) in [6.07, 6.45) is 2.68. The Hall–Kier alpha value is -2.42. The summed E-state index contributed by atoms with van der Waals surface area (Å²) in [4.78, 5) is 11.4. The predicted molar refractivity (Wildman–Crippen MR) is 79.3 cm³/mol. The molecule has 0 bridgehead atoms. The van der Waals surface area contributed by atoms with Gasteiger partial charge in [-0.15, -0.1) is 0 Å². The lowest BCUT2D eigenvalue weighted by Gasteiger charge is -2.13. The number of carbonyl (C=O) groups excluding carboxylic acids is 1. The molecule has 0 fully saturated rings. The summed E-state index contributed by atoms with van der Waals surface area (Å²) in [5.74, 6) is 0.187. The second-order valence-corrected chi connectivity index (χ2v) is 4.99. The van der Waals surface area contributed by atoms with Crippen molar-refractivity contribution in [3.05, 3.63) is 71.0 Å². The van der Waals surface area contributed by atoms with Crippen LogP contribution in [0.3, 0.4) is 0 Å². The number of fused-ring (bicyclic) bond motifs is 1. The number of carbonyl (C=O) groups is 1. The highest BCUT2D eigenvalue weighted by Gasteiger charge is 2.20. The highest BCUT2D eigenvalue weighted by Crippen LogP contribution is 2.31. The minimum atomic E-state index is 0.187. The van der Waals surface area contributed by atoms with Crippen LogP contribution in [0.2, 0.25) is 0 Å². The molecule has 100 valence electrons. The van der Waals surface area contributed by atoms with Gasteiger partial charge in [0.2, 0.25) is 0 Å². The maximum atomic E-state index is 11.4. The molecular weight excluding hydrogens is 248 g/mol. The van der Waals surface area contributed by atoms with Gasteiger partial charge in [0.1, 0.15) is 0 Å². The minimum absolute atomic E-state index is 0.187. The first-order valence-electron chi connectivity index (χ1n) is 6.70. The van der Waals surface area contributed by atoms with E-state index in [1.54, 1.807) is 6.20 Å². The Labute approximate surface area is 117 Å². The van der Waals surface area contributed by atoms with E-state index in [1.165, 1.54) is 5.56 Å². The third kappa shape index (κ3) is 1.83. The fraction of sp³-hybridized carbons (Fsp3) is 0.176. The molecule has 3 heteroatoms. The highest BCUT2D eigenvalue weighted by atomic mass is 16.1. The largest absolute Gasteiger partial charge is 0.298 e. The molecular formula is C17H16N2O. The zero-order valence-corrected chi connectivity index (χ0v) is 11.6. The lowest BCUT2D eigenvalue weighted by molar-refractivity contribution is 0.112. The molecule has 0 saturated heterocycles. The molecule has 0 N–H and O–H groups in total. The van der Waals surface area contributed by atoms with Crippen LogP contribution in [0.25, 0.3) is 5.52 Å². The molecule has 1 atom stereocenters. The summed E-state index contributed by atoms with van der Waals surface area (Å²) in [7, 11) is 0. The Morgan fingerprint density at radius 3 is 2.60 bits per heavy atom. The average molecular weight is 264 g/mol. The van der Waals surface area contributed by atoms with Gasteiger partial charge in [0.05, 0.1) is 11.2 Å². The van der Waals surface area contributed by atoms with Crippen molar-refractivity contribution in [1.29, 1.82) is 0 Å². The van der Waals surface area contributed by atoms with E-state index in [-0.39, 0.29) is 5.92 Å². The fourth-order valence-electron chi connectivity index (χ4n) is 2.81. The topological polar surface area (TPSA) is 34.4 Å². The van der Waals surface area contributed by atoms with Gasteiger partial charge in [0.25, 0.3) is 0 Å². The first kappa shape index (κ1) is 12.6. The van der Waals surface area contributed by atoms with Gasteiger partial charge in [-0.25, -0.2) is 4.52 Å². The molecule has 3 rings (SSSR count). The van der Waals surface area contributed by atoms with Crippen LogP contribution in [-0.2, 0) is 0 Å². The molecule has 0 saturated carbocycles. The zero-order chi connectivity index (χ0) is 14.1. The molecule has 3 nitrogen and oxygen atoms in total. The van der Waals surface area contributed by atoms with Crippen LogP contribution >= 0.6 is 0 Å². The fourth-order valence-corrected chi connectivity index (χ4v) is 2.81. The lowest BCUT2D eigenvalue weighted by atomic mass is 9.95. The highest BCUT2D eigenvalue weighted by molar-refractivity contribution is 5.89. The molecule has 3 aromatic rings. The van der Waals surface area contributed by atoms with E-state index in [9.17, 15) is 4.79 Å². The molecule has 20 heavy (non-hydrogen) atoms. The van der Waals surface area contributed by atoms with Gasteiger partial charge >= 0.3 is 0 Å². The summed E-state index contributed by atoms with van der Waals surface area (Å²) >= 11 is 0. The molecule has 2 heterocycles. The van der Waals surface area contributed by atoms with Gasteiger partial charge in [0, 0.05) is 17.7 Å². The van der Waals surface area contributed by atoms with Crippen molar-refractivity contribution in [3.8, 4) is 0 Å². The Kier molecular flexibility index (Phi) is 3.11. The summed E-state index contributed by atoms with van der Waals surface area (Å²) in [5.41, 5.74) is 4.91. The summed E-state index contributed by atoms with van der Waals surface area (Å²) in [6.45, 7) is 4.14. The first-order chi connectivity index (χ1) is 9.74. The quantitative estimate of drug-likeness (QED) is 0.677. The van der Waals surface area contributed by atoms with E-state index in [0.29, 0.717) is 0 Å². The summed E-state index contributed by atoms with van der Waals surface area (Å²) in [5, 5.41) is 4.41. The van der Waals surface area contributed by atoms with Crippen molar-refractivity contribution >= 4 is 11.8 Å². The zero-order valence-electron chi connectivity index (χ0n) is 11.6. The van der Waals surface area contributed by atoms with Gasteiger partial charge < -0.3 is 0 Å². The van der Waals surface area contributed by atoms with E-state index in [4.69, 9.17) is 0 Å². The van der Waals surface area contributed by atoms with Crippen molar-refractivity contribution in [2.24, 2.45) is 0 Å². The summed E-state index contributed by atoms with van der Waals surface area (Å²) < 4.78 is 1.89. The molecule has 1 aromatic carbocycles. The number of nitrogens with zero attached hydrogens (tertiary/aromatic N) is 2. The van der Waals surface area contributed by atoms with Crippen LogP contribution in [0.1, 0.15) is 40.0 Å². The van der Waals surface area contributed by atoms with Gasteiger partial charge in [-0.1, -0.05) is 37.3 Å². The Morgan fingerprint density at radius 1 is 1.15 bits per heavy atom. The van der Waals surface area contributed by atoms with E-state index in [1.807, 2.05) is 41.8 Å². The van der Waals surface area contributed by atoms with E-state index < -0.39 is 0 Å². The standard InChI is InChI=1S/C17H16N2O/c1-12(14-7-4-3-5-8-14)17-13(2)15(11-20)16-9-6-10-18-19(16)17/h3-12H,1-2H3. The maximum absolute atomic E-state index is 11.4. The van der Waals surface area contributed by atoms with Crippen molar-refractivity contribution in [2.75, 3.05) is 0 Å². The molecule has 0 amide bonds. The normalized spacial score (nSPS) is 12.5. The molecule has 0 aliphatic carbocycles. The lowest BCUT2D eigenvalue weighted by Crippen LogP contribution is -2.04. The van der Waals surface area contributed by atoms with E-state index >= 15 is 0 Å². The van der Waals surface area contributed by atoms with Gasteiger partial charge in [0.15, 0.2) is 6.29 Å². The molecule has 0 aliphatic heterocycles. The number of hydrogen-bond acceptors (Lipinski definition) is 2. The van der Waals surface area contributed by atoms with Crippen LogP contribution in [0, 0.1) is 6.92 Å². The van der Waals surface area contributed by atoms with E-state index in [2.05, 4.69) is 24.2 Å². The molecule has 0 spiro atoms. The van der Waals surface area contributed by atoms with Crippen LogP contribution < -0.4 is 0 Å². The average Bonchev–Trinajstić information content (AvgIpc) is 2.79. The van der Waals surface area contributed by atoms with Crippen molar-refractivity contribution in [2.45, 2.75) is 19.8 Å². The van der Waals surface area contributed by atoms with Crippen LogP contribution in [0.15, 0.2) is 48.7 Å². The number of rotatable bonds is 3. The number of hydrogen-bond donors (Lipinski definition) is 0. The second-order valence-electron chi connectivity index (χ2n) is 4.99. The van der Waals surface area contributed by atoms with Crippen LogP contribution in [0.5, 0.6) is 0 Å². The maximum Gasteiger partial charge on any atom is 0.152 e. The summed E-state index contributed by atoms with van der Waals surface area (Å²) in [6, 6.07) is 14.1. The number of benzene rings is 1. The van der Waals surface area contributed by atoms with Crippen molar-refractivity contribution in [1.82, 2.24) is 9.61 Å².